The van der Waals surface area contributed by atoms with Gasteiger partial charge < -0.3 is 5.11 Å². The van der Waals surface area contributed by atoms with E-state index in [0.717, 1.165) is 30.9 Å². The van der Waals surface area contributed by atoms with Crippen LogP contribution < -0.4 is 0 Å². The molecule has 23 heavy (non-hydrogen) atoms. The first-order chi connectivity index (χ1) is 11.3. The van der Waals surface area contributed by atoms with Gasteiger partial charge in [0.05, 0.1) is 10.6 Å². The van der Waals surface area contributed by atoms with Crippen LogP contribution in [0.5, 0.6) is 0 Å². The van der Waals surface area contributed by atoms with Crippen molar-refractivity contribution >= 4 is 11.3 Å². The van der Waals surface area contributed by atoms with Crippen molar-refractivity contribution in [1.29, 1.82) is 0 Å². The van der Waals surface area contributed by atoms with Crippen LogP contribution in [0.4, 0.5) is 0 Å². The molecular weight excluding hydrogens is 306 g/mol. The van der Waals surface area contributed by atoms with Crippen LogP contribution in [-0.4, -0.2) is 33.4 Å². The summed E-state index contributed by atoms with van der Waals surface area (Å²) in [5, 5.41) is 16.7. The summed E-state index contributed by atoms with van der Waals surface area (Å²) in [7, 11) is 0. The lowest BCUT2D eigenvalue weighted by Gasteiger charge is -2.29. The minimum atomic E-state index is -0.0768. The fourth-order valence-electron chi connectivity index (χ4n) is 3.40. The number of aliphatic hydroxyl groups is 1. The molecule has 3 heterocycles. The molecule has 1 aliphatic heterocycles. The minimum absolute atomic E-state index is 0.0768. The molecule has 0 atom stereocenters. The molecule has 2 aromatic heterocycles. The van der Waals surface area contributed by atoms with Crippen LogP contribution in [0.2, 0.25) is 0 Å². The number of aliphatic hydroxyl groups excluding tert-OH is 1. The third-order valence-corrected chi connectivity index (χ3v) is 5.85. The lowest BCUT2D eigenvalue weighted by molar-refractivity contribution is 0.244. The Balaban J connectivity index is 1.45. The molecule has 0 amide bonds. The molecular formula is C18H21N3OS. The van der Waals surface area contributed by atoms with Gasteiger partial charge >= 0.3 is 0 Å². The molecule has 2 N–H and O–H groups in total. The predicted molar refractivity (Wildman–Crippen MR) is 91.3 cm³/mol. The zero-order chi connectivity index (χ0) is 15.6. The predicted octanol–water partition coefficient (Wildman–Crippen LogP) is 2.64. The molecule has 5 heteroatoms. The van der Waals surface area contributed by atoms with Crippen molar-refractivity contribution in [1.82, 2.24) is 15.1 Å². The second-order valence-corrected chi connectivity index (χ2v) is 7.55. The molecule has 1 saturated carbocycles. The number of hydrogen-bond donors (Lipinski definition) is 2. The highest BCUT2D eigenvalue weighted by Crippen LogP contribution is 2.39. The van der Waals surface area contributed by atoms with E-state index in [2.05, 4.69) is 39.1 Å². The first-order valence-corrected chi connectivity index (χ1v) is 9.12. The average Bonchev–Trinajstić information content (AvgIpc) is 3.11. The summed E-state index contributed by atoms with van der Waals surface area (Å²) in [5.41, 5.74) is 4.14. The largest absolute Gasteiger partial charge is 0.384 e. The molecule has 0 saturated heterocycles. The van der Waals surface area contributed by atoms with Gasteiger partial charge in [0.15, 0.2) is 0 Å². The Kier molecular flexibility index (Phi) is 4.21. The third-order valence-electron chi connectivity index (χ3n) is 4.87. The summed E-state index contributed by atoms with van der Waals surface area (Å²) in [4.78, 5) is 4.88. The Hall–Kier alpha value is -1.61. The molecule has 2 aromatic rings. The van der Waals surface area contributed by atoms with Gasteiger partial charge in [0.1, 0.15) is 6.61 Å². The van der Waals surface area contributed by atoms with E-state index in [-0.39, 0.29) is 6.61 Å². The number of thiophene rings is 1. The van der Waals surface area contributed by atoms with Gasteiger partial charge in [-0.15, -0.1) is 11.3 Å². The van der Waals surface area contributed by atoms with Crippen molar-refractivity contribution in [3.63, 3.8) is 0 Å². The van der Waals surface area contributed by atoms with E-state index in [1.165, 1.54) is 41.1 Å². The van der Waals surface area contributed by atoms with Crippen LogP contribution in [-0.2, 0) is 19.5 Å². The van der Waals surface area contributed by atoms with Gasteiger partial charge in [-0.05, 0) is 25.0 Å². The van der Waals surface area contributed by atoms with Crippen molar-refractivity contribution in [2.45, 2.75) is 44.7 Å². The molecule has 1 aliphatic carbocycles. The van der Waals surface area contributed by atoms with Crippen LogP contribution in [0.25, 0.3) is 0 Å². The Labute approximate surface area is 140 Å². The molecule has 4 nitrogen and oxygen atoms in total. The zero-order valence-electron chi connectivity index (χ0n) is 13.1. The first-order valence-electron chi connectivity index (χ1n) is 8.30. The van der Waals surface area contributed by atoms with Gasteiger partial charge in [0, 0.05) is 48.1 Å². The lowest BCUT2D eigenvalue weighted by Crippen LogP contribution is -2.30. The molecule has 1 fully saturated rings. The summed E-state index contributed by atoms with van der Waals surface area (Å²) < 4.78 is 0. The number of H-pyrrole nitrogens is 1. The van der Waals surface area contributed by atoms with Crippen molar-refractivity contribution in [3.8, 4) is 11.8 Å². The molecule has 120 valence electrons. The van der Waals surface area contributed by atoms with Gasteiger partial charge in [-0.1, -0.05) is 18.3 Å². The van der Waals surface area contributed by atoms with Gasteiger partial charge in [-0.3, -0.25) is 10.00 Å². The van der Waals surface area contributed by atoms with Crippen molar-refractivity contribution in [3.05, 3.63) is 38.8 Å². The summed E-state index contributed by atoms with van der Waals surface area (Å²) in [6, 6.07) is 4.21. The summed E-state index contributed by atoms with van der Waals surface area (Å²) in [6.07, 6.45) is 5.02. The zero-order valence-corrected chi connectivity index (χ0v) is 14.0. The van der Waals surface area contributed by atoms with Crippen LogP contribution in [0, 0.1) is 11.8 Å². The van der Waals surface area contributed by atoms with Crippen molar-refractivity contribution in [2.75, 3.05) is 13.2 Å². The Morgan fingerprint density at radius 2 is 2.30 bits per heavy atom. The van der Waals surface area contributed by atoms with Crippen molar-refractivity contribution in [2.24, 2.45) is 0 Å². The SMILES string of the molecule is OCC#Cc1ccc(CN2CCc3[nH]nc(C4CCC4)c3C2)s1. The van der Waals surface area contributed by atoms with Gasteiger partial charge in [-0.25, -0.2) is 0 Å². The van der Waals surface area contributed by atoms with Crippen LogP contribution in [0.3, 0.4) is 0 Å². The number of fused-ring (bicyclic) bond motifs is 1. The van der Waals surface area contributed by atoms with Gasteiger partial charge in [-0.2, -0.15) is 5.10 Å². The molecule has 0 unspecified atom stereocenters. The van der Waals surface area contributed by atoms with Crippen LogP contribution in [0.1, 0.15) is 51.9 Å². The second-order valence-electron chi connectivity index (χ2n) is 6.38. The number of nitrogens with zero attached hydrogens (tertiary/aromatic N) is 2. The lowest BCUT2D eigenvalue weighted by atomic mass is 9.81. The maximum absolute atomic E-state index is 8.78. The number of aromatic nitrogens is 2. The maximum atomic E-state index is 8.78. The first kappa shape index (κ1) is 14.9. The Morgan fingerprint density at radius 3 is 3.09 bits per heavy atom. The van der Waals surface area contributed by atoms with Crippen LogP contribution in [0.15, 0.2) is 12.1 Å². The minimum Gasteiger partial charge on any atom is -0.384 e. The van der Waals surface area contributed by atoms with Gasteiger partial charge in [0.2, 0.25) is 0 Å². The van der Waals surface area contributed by atoms with E-state index in [0.29, 0.717) is 5.92 Å². The van der Waals surface area contributed by atoms with E-state index in [4.69, 9.17) is 5.11 Å². The quantitative estimate of drug-likeness (QED) is 0.852. The smallest absolute Gasteiger partial charge is 0.104 e. The third kappa shape index (κ3) is 3.07. The molecule has 0 bridgehead atoms. The van der Waals surface area contributed by atoms with Crippen molar-refractivity contribution < 1.29 is 5.11 Å². The highest BCUT2D eigenvalue weighted by atomic mass is 32.1. The summed E-state index contributed by atoms with van der Waals surface area (Å²) in [5.74, 6) is 6.39. The topological polar surface area (TPSA) is 52.1 Å². The number of nitrogens with one attached hydrogen (secondary N) is 1. The van der Waals surface area contributed by atoms with E-state index in [1.54, 1.807) is 11.3 Å². The number of hydrogen-bond acceptors (Lipinski definition) is 4. The highest BCUT2D eigenvalue weighted by Gasteiger charge is 2.29. The number of aromatic amines is 1. The van der Waals surface area contributed by atoms with E-state index in [1.807, 2.05) is 0 Å². The molecule has 0 aromatic carbocycles. The maximum Gasteiger partial charge on any atom is 0.104 e. The molecule has 4 rings (SSSR count). The van der Waals surface area contributed by atoms with E-state index < -0.39 is 0 Å². The molecule has 0 spiro atoms. The summed E-state index contributed by atoms with van der Waals surface area (Å²) in [6.45, 7) is 2.98. The second kappa shape index (κ2) is 6.48. The fourth-order valence-corrected chi connectivity index (χ4v) is 4.33. The Morgan fingerprint density at radius 1 is 1.39 bits per heavy atom. The fraction of sp³-hybridized carbons (Fsp3) is 0.500. The standard InChI is InChI=1S/C18H21N3OS/c22-10-2-5-14-6-7-15(23-14)11-21-9-8-17-16(12-21)18(20-19-17)13-3-1-4-13/h6-7,13,22H,1,3-4,8-12H2,(H,19,20). The Bertz CT molecular complexity index is 748. The van der Waals surface area contributed by atoms with E-state index in [9.17, 15) is 0 Å². The normalized spacial score (nSPS) is 18.1. The molecule has 0 radical (unpaired) electrons. The monoisotopic (exact) mass is 327 g/mol. The summed E-state index contributed by atoms with van der Waals surface area (Å²) >= 11 is 1.73. The number of rotatable bonds is 3. The highest BCUT2D eigenvalue weighted by molar-refractivity contribution is 7.12. The van der Waals surface area contributed by atoms with E-state index >= 15 is 0 Å². The van der Waals surface area contributed by atoms with Crippen LogP contribution >= 0.6 is 11.3 Å². The molecule has 2 aliphatic rings. The van der Waals surface area contributed by atoms with Gasteiger partial charge in [0.25, 0.3) is 0 Å². The average molecular weight is 327 g/mol.